The van der Waals surface area contributed by atoms with E-state index in [0.717, 1.165) is 27.1 Å². The van der Waals surface area contributed by atoms with Crippen LogP contribution in [0.4, 0.5) is 10.1 Å². The predicted octanol–water partition coefficient (Wildman–Crippen LogP) is 4.83. The maximum Gasteiger partial charge on any atom is 0.264 e. The Kier molecular flexibility index (Phi) is 9.86. The highest BCUT2D eigenvalue weighted by Crippen LogP contribution is 2.27. The first-order valence-electron chi connectivity index (χ1n) is 12.9. The van der Waals surface area contributed by atoms with Crippen LogP contribution in [0.25, 0.3) is 0 Å². The summed E-state index contributed by atoms with van der Waals surface area (Å²) in [5.74, 6) is -1.57. The minimum absolute atomic E-state index is 0.0721. The van der Waals surface area contributed by atoms with E-state index in [2.05, 4.69) is 5.32 Å². The zero-order valence-electron chi connectivity index (χ0n) is 23.0. The largest absolute Gasteiger partial charge is 0.354 e. The molecule has 0 aliphatic carbocycles. The molecule has 0 bridgehead atoms. The molecular weight excluding hydrogens is 517 g/mol. The highest BCUT2D eigenvalue weighted by atomic mass is 32.2. The van der Waals surface area contributed by atoms with Gasteiger partial charge >= 0.3 is 0 Å². The second kappa shape index (κ2) is 12.9. The van der Waals surface area contributed by atoms with Crippen molar-refractivity contribution in [3.63, 3.8) is 0 Å². The summed E-state index contributed by atoms with van der Waals surface area (Å²) < 4.78 is 43.2. The lowest BCUT2D eigenvalue weighted by Gasteiger charge is -2.32. The minimum Gasteiger partial charge on any atom is -0.354 e. The van der Waals surface area contributed by atoms with Gasteiger partial charge in [0.2, 0.25) is 11.8 Å². The summed E-state index contributed by atoms with van der Waals surface area (Å²) >= 11 is 0. The number of nitrogens with zero attached hydrogens (tertiary/aromatic N) is 2. The Morgan fingerprint density at radius 3 is 2.18 bits per heavy atom. The van der Waals surface area contributed by atoms with Crippen molar-refractivity contribution in [2.45, 2.75) is 52.1 Å². The highest BCUT2D eigenvalue weighted by Gasteiger charge is 2.33. The molecule has 1 atom stereocenters. The minimum atomic E-state index is -4.32. The molecule has 3 aromatic rings. The predicted molar refractivity (Wildman–Crippen MR) is 151 cm³/mol. The van der Waals surface area contributed by atoms with E-state index in [0.29, 0.717) is 6.54 Å². The third-order valence-electron chi connectivity index (χ3n) is 6.30. The number of carbonyl (C=O) groups is 2. The van der Waals surface area contributed by atoms with Crippen LogP contribution in [0.1, 0.15) is 37.5 Å². The van der Waals surface area contributed by atoms with Gasteiger partial charge in [0.05, 0.1) is 10.6 Å². The summed E-state index contributed by atoms with van der Waals surface area (Å²) in [5, 5.41) is 2.85. The Morgan fingerprint density at radius 2 is 1.56 bits per heavy atom. The van der Waals surface area contributed by atoms with Gasteiger partial charge in [-0.2, -0.15) is 0 Å². The third kappa shape index (κ3) is 7.66. The first-order chi connectivity index (χ1) is 18.4. The van der Waals surface area contributed by atoms with E-state index >= 15 is 0 Å². The first kappa shape index (κ1) is 29.8. The summed E-state index contributed by atoms with van der Waals surface area (Å²) in [4.78, 5) is 28.1. The SMILES string of the molecule is Cc1ccc(S(=O)(=O)N(CC(=O)N(Cc2cccc(C)c2)[C@@H](C)C(=O)NCC(C)C)c2ccccc2F)cc1. The van der Waals surface area contributed by atoms with Crippen LogP contribution in [0.2, 0.25) is 0 Å². The van der Waals surface area contributed by atoms with Gasteiger partial charge < -0.3 is 10.2 Å². The van der Waals surface area contributed by atoms with Crippen molar-refractivity contribution in [1.82, 2.24) is 10.2 Å². The number of hydrogen-bond acceptors (Lipinski definition) is 4. The lowest BCUT2D eigenvalue weighted by Crippen LogP contribution is -2.51. The number of hydrogen-bond donors (Lipinski definition) is 1. The standard InChI is InChI=1S/C30H36FN3O4S/c1-21(2)18-32-30(36)24(5)33(19-25-10-8-9-23(4)17-25)29(35)20-34(28-12-7-6-11-27(28)31)39(37,38)26-15-13-22(3)14-16-26/h6-17,21,24H,18-20H2,1-5H3,(H,32,36)/t24-/m0/s1. The molecule has 3 rings (SSSR count). The lowest BCUT2D eigenvalue weighted by atomic mass is 10.1. The van der Waals surface area contributed by atoms with Crippen molar-refractivity contribution in [1.29, 1.82) is 0 Å². The van der Waals surface area contributed by atoms with Crippen LogP contribution in [0, 0.1) is 25.6 Å². The van der Waals surface area contributed by atoms with Crippen molar-refractivity contribution in [2.75, 3.05) is 17.4 Å². The van der Waals surface area contributed by atoms with Crippen LogP contribution in [-0.4, -0.2) is 44.3 Å². The molecule has 9 heteroatoms. The molecule has 2 amide bonds. The molecule has 7 nitrogen and oxygen atoms in total. The van der Waals surface area contributed by atoms with Gasteiger partial charge in [-0.25, -0.2) is 12.8 Å². The van der Waals surface area contributed by atoms with E-state index in [-0.39, 0.29) is 29.0 Å². The molecular formula is C30H36FN3O4S. The Labute approximate surface area is 230 Å². The highest BCUT2D eigenvalue weighted by molar-refractivity contribution is 7.92. The van der Waals surface area contributed by atoms with E-state index in [4.69, 9.17) is 0 Å². The van der Waals surface area contributed by atoms with Crippen molar-refractivity contribution in [3.8, 4) is 0 Å². The Hall–Kier alpha value is -3.72. The van der Waals surface area contributed by atoms with Crippen LogP contribution in [-0.2, 0) is 26.2 Å². The molecule has 0 saturated heterocycles. The van der Waals surface area contributed by atoms with Crippen molar-refractivity contribution >= 4 is 27.5 Å². The van der Waals surface area contributed by atoms with Gasteiger partial charge in [-0.3, -0.25) is 13.9 Å². The van der Waals surface area contributed by atoms with Gasteiger partial charge in [0.25, 0.3) is 10.0 Å². The summed E-state index contributed by atoms with van der Waals surface area (Å²) in [6, 6.07) is 18.1. The van der Waals surface area contributed by atoms with Crippen LogP contribution in [0.3, 0.4) is 0 Å². The maximum atomic E-state index is 15.0. The van der Waals surface area contributed by atoms with Crippen molar-refractivity contribution in [3.05, 3.63) is 95.3 Å². The molecule has 39 heavy (non-hydrogen) atoms. The molecule has 0 heterocycles. The fraction of sp³-hybridized carbons (Fsp3) is 0.333. The zero-order valence-corrected chi connectivity index (χ0v) is 23.8. The number of sulfonamides is 1. The number of rotatable bonds is 11. The second-order valence-corrected chi connectivity index (χ2v) is 12.0. The van der Waals surface area contributed by atoms with Gasteiger partial charge in [0, 0.05) is 13.1 Å². The Bertz CT molecular complexity index is 1410. The normalized spacial score (nSPS) is 12.2. The van der Waals surface area contributed by atoms with E-state index in [1.807, 2.05) is 52.0 Å². The first-order valence-corrected chi connectivity index (χ1v) is 14.3. The summed E-state index contributed by atoms with van der Waals surface area (Å²) in [5.41, 5.74) is 2.37. The number of anilines is 1. The summed E-state index contributed by atoms with van der Waals surface area (Å²) in [6.45, 7) is 9.08. The summed E-state index contributed by atoms with van der Waals surface area (Å²) in [6.07, 6.45) is 0. The van der Waals surface area contributed by atoms with E-state index < -0.39 is 34.3 Å². The maximum absolute atomic E-state index is 15.0. The van der Waals surface area contributed by atoms with Gasteiger partial charge in [-0.05, 0) is 56.5 Å². The van der Waals surface area contributed by atoms with Crippen molar-refractivity contribution in [2.24, 2.45) is 5.92 Å². The van der Waals surface area contributed by atoms with Gasteiger partial charge in [-0.15, -0.1) is 0 Å². The molecule has 0 saturated carbocycles. The topological polar surface area (TPSA) is 86.8 Å². The monoisotopic (exact) mass is 553 g/mol. The number of halogens is 1. The number of aryl methyl sites for hydroxylation is 2. The quantitative estimate of drug-likeness (QED) is 0.369. The molecule has 0 fully saturated rings. The average Bonchev–Trinajstić information content (AvgIpc) is 2.89. The van der Waals surface area contributed by atoms with E-state index in [1.54, 1.807) is 19.1 Å². The molecule has 0 aromatic heterocycles. The lowest BCUT2D eigenvalue weighted by molar-refractivity contribution is -0.139. The number of carbonyl (C=O) groups excluding carboxylic acids is 2. The molecule has 0 unspecified atom stereocenters. The fourth-order valence-electron chi connectivity index (χ4n) is 4.05. The van der Waals surface area contributed by atoms with Gasteiger partial charge in [0.15, 0.2) is 0 Å². The van der Waals surface area contributed by atoms with Gasteiger partial charge in [-0.1, -0.05) is 73.5 Å². The molecule has 208 valence electrons. The van der Waals surface area contributed by atoms with E-state index in [9.17, 15) is 22.4 Å². The average molecular weight is 554 g/mol. The van der Waals surface area contributed by atoms with Crippen molar-refractivity contribution < 1.29 is 22.4 Å². The second-order valence-electron chi connectivity index (χ2n) is 10.1. The third-order valence-corrected chi connectivity index (χ3v) is 8.07. The molecule has 1 N–H and O–H groups in total. The van der Waals surface area contributed by atoms with Crippen LogP contribution in [0.15, 0.2) is 77.7 Å². The van der Waals surface area contributed by atoms with Crippen LogP contribution < -0.4 is 9.62 Å². The van der Waals surface area contributed by atoms with Gasteiger partial charge in [0.1, 0.15) is 18.4 Å². The molecule has 0 radical (unpaired) electrons. The molecule has 0 aliphatic rings. The number of benzene rings is 3. The smallest absolute Gasteiger partial charge is 0.264 e. The van der Waals surface area contributed by atoms with Crippen LogP contribution in [0.5, 0.6) is 0 Å². The number of amides is 2. The molecule has 0 aliphatic heterocycles. The molecule has 0 spiro atoms. The Morgan fingerprint density at radius 1 is 0.897 bits per heavy atom. The fourth-order valence-corrected chi connectivity index (χ4v) is 5.47. The van der Waals surface area contributed by atoms with Crippen LogP contribution >= 0.6 is 0 Å². The number of nitrogens with one attached hydrogen (secondary N) is 1. The Balaban J connectivity index is 2.02. The number of para-hydroxylation sites is 1. The zero-order chi connectivity index (χ0) is 28.7. The van der Waals surface area contributed by atoms with E-state index in [1.165, 1.54) is 35.2 Å². The summed E-state index contributed by atoms with van der Waals surface area (Å²) in [7, 11) is -4.32. The molecule has 3 aromatic carbocycles.